The summed E-state index contributed by atoms with van der Waals surface area (Å²) in [6, 6.07) is 3.03. The number of carbonyl (C=O) groups excluding carboxylic acids is 3. The lowest BCUT2D eigenvalue weighted by atomic mass is 10.1. The fourth-order valence-electron chi connectivity index (χ4n) is 2.32. The lowest BCUT2D eigenvalue weighted by Crippen LogP contribution is -2.49. The van der Waals surface area contributed by atoms with E-state index in [2.05, 4.69) is 0 Å². The second-order valence-electron chi connectivity index (χ2n) is 4.82. The molecule has 0 spiro atoms. The molecule has 0 aliphatic carbocycles. The highest BCUT2D eigenvalue weighted by Gasteiger charge is 2.36. The molecule has 0 radical (unpaired) electrons. The first-order valence-electron chi connectivity index (χ1n) is 7.04. The number of fused-ring (bicyclic) bond motifs is 1. The van der Waals surface area contributed by atoms with E-state index in [1.165, 1.54) is 11.0 Å². The van der Waals surface area contributed by atoms with Crippen molar-refractivity contribution in [3.63, 3.8) is 0 Å². The van der Waals surface area contributed by atoms with Crippen molar-refractivity contribution in [2.75, 3.05) is 18.1 Å². The van der Waals surface area contributed by atoms with Crippen LogP contribution in [0.3, 0.4) is 0 Å². The van der Waals surface area contributed by atoms with Crippen LogP contribution in [-0.4, -0.2) is 37.4 Å². The summed E-state index contributed by atoms with van der Waals surface area (Å²) in [6.07, 6.45) is 0.365. The van der Waals surface area contributed by atoms with E-state index in [9.17, 15) is 14.4 Å². The van der Waals surface area contributed by atoms with Crippen LogP contribution in [0.15, 0.2) is 12.1 Å². The molecule has 22 heavy (non-hydrogen) atoms. The molecular weight excluding hydrogens is 288 g/mol. The van der Waals surface area contributed by atoms with Gasteiger partial charge in [-0.2, -0.15) is 0 Å². The molecule has 2 amide bonds. The molecule has 1 aliphatic rings. The number of nitrogens with two attached hydrogens (primary N) is 1. The molecular formula is C15H18N2O5. The first kappa shape index (κ1) is 15.8. The van der Waals surface area contributed by atoms with Gasteiger partial charge in [0.1, 0.15) is 12.8 Å². The summed E-state index contributed by atoms with van der Waals surface area (Å²) >= 11 is 0. The van der Waals surface area contributed by atoms with Crippen molar-refractivity contribution >= 4 is 23.8 Å². The van der Waals surface area contributed by atoms with Crippen LogP contribution < -0.4 is 20.1 Å². The summed E-state index contributed by atoms with van der Waals surface area (Å²) in [5.41, 5.74) is 5.87. The number of carbonyl (C=O) groups is 3. The Morgan fingerprint density at radius 3 is 2.73 bits per heavy atom. The molecule has 2 N–H and O–H groups in total. The summed E-state index contributed by atoms with van der Waals surface area (Å²) < 4.78 is 11.2. The van der Waals surface area contributed by atoms with E-state index in [1.807, 2.05) is 0 Å². The molecule has 1 aromatic rings. The van der Waals surface area contributed by atoms with Crippen LogP contribution in [0.25, 0.3) is 0 Å². The van der Waals surface area contributed by atoms with Gasteiger partial charge in [-0.25, -0.2) is 0 Å². The van der Waals surface area contributed by atoms with Crippen LogP contribution in [0.1, 0.15) is 30.6 Å². The van der Waals surface area contributed by atoms with E-state index < -0.39 is 12.0 Å². The van der Waals surface area contributed by atoms with Crippen molar-refractivity contribution < 1.29 is 23.9 Å². The van der Waals surface area contributed by atoms with Gasteiger partial charge in [-0.05, 0) is 25.5 Å². The van der Waals surface area contributed by atoms with Gasteiger partial charge in [-0.1, -0.05) is 6.92 Å². The van der Waals surface area contributed by atoms with E-state index in [4.69, 9.17) is 15.2 Å². The molecule has 7 nitrogen and oxygen atoms in total. The Bertz CT molecular complexity index is 614. The van der Waals surface area contributed by atoms with Crippen LogP contribution in [-0.2, 0) is 9.59 Å². The topological polar surface area (TPSA) is 98.9 Å². The van der Waals surface area contributed by atoms with Gasteiger partial charge in [0.2, 0.25) is 5.91 Å². The van der Waals surface area contributed by atoms with Crippen LogP contribution >= 0.6 is 0 Å². The summed E-state index contributed by atoms with van der Waals surface area (Å²) in [6.45, 7) is 3.70. The van der Waals surface area contributed by atoms with Crippen LogP contribution in [0, 0.1) is 0 Å². The predicted octanol–water partition coefficient (Wildman–Crippen LogP) is 0.887. The number of anilines is 1. The lowest BCUT2D eigenvalue weighted by Gasteiger charge is -2.34. The molecule has 118 valence electrons. The van der Waals surface area contributed by atoms with Crippen molar-refractivity contribution in [3.05, 3.63) is 17.7 Å². The second-order valence-corrected chi connectivity index (χ2v) is 4.82. The number of nitrogens with zero attached hydrogens (tertiary/aromatic N) is 1. The Balaban J connectivity index is 2.59. The fourth-order valence-corrected chi connectivity index (χ4v) is 2.32. The van der Waals surface area contributed by atoms with Crippen molar-refractivity contribution in [3.8, 4) is 11.5 Å². The molecule has 1 aliphatic heterocycles. The van der Waals surface area contributed by atoms with Crippen LogP contribution in [0.2, 0.25) is 0 Å². The third kappa shape index (κ3) is 2.88. The fraction of sp³-hybridized carbons (Fsp3) is 0.400. The van der Waals surface area contributed by atoms with Gasteiger partial charge < -0.3 is 15.2 Å². The van der Waals surface area contributed by atoms with Gasteiger partial charge in [0, 0.05) is 5.56 Å². The molecule has 1 aromatic carbocycles. The third-order valence-corrected chi connectivity index (χ3v) is 3.27. The smallest absolute Gasteiger partial charge is 0.268 e. The number of primary amides is 1. The molecule has 0 aromatic heterocycles. The zero-order valence-corrected chi connectivity index (χ0v) is 12.5. The normalized spacial score (nSPS) is 16.7. The largest absolute Gasteiger partial charge is 0.490 e. The quantitative estimate of drug-likeness (QED) is 0.787. The molecule has 1 atom stereocenters. The lowest BCUT2D eigenvalue weighted by molar-refractivity contribution is -0.128. The predicted molar refractivity (Wildman–Crippen MR) is 79.3 cm³/mol. The van der Waals surface area contributed by atoms with E-state index >= 15 is 0 Å². The first-order valence-corrected chi connectivity index (χ1v) is 7.04. The molecule has 0 saturated carbocycles. The SMILES string of the molecule is CCOc1cc(C=O)cc2c1OC(CC)C(=O)N2CC(N)=O. The van der Waals surface area contributed by atoms with Crippen molar-refractivity contribution in [1.82, 2.24) is 0 Å². The van der Waals surface area contributed by atoms with E-state index in [-0.39, 0.29) is 12.5 Å². The third-order valence-electron chi connectivity index (χ3n) is 3.27. The molecule has 1 unspecified atom stereocenters. The Hall–Kier alpha value is -2.57. The summed E-state index contributed by atoms with van der Waals surface area (Å²) in [5.74, 6) is -0.299. The van der Waals surface area contributed by atoms with Gasteiger partial charge in [0.25, 0.3) is 5.91 Å². The van der Waals surface area contributed by atoms with Gasteiger partial charge >= 0.3 is 0 Å². The number of benzene rings is 1. The number of hydrogen-bond donors (Lipinski definition) is 1. The minimum Gasteiger partial charge on any atom is -0.490 e. The number of rotatable bonds is 6. The standard InChI is InChI=1S/C15H18N2O5/c1-3-11-15(20)17(7-13(16)19)10-5-9(8-18)6-12(21-4-2)14(10)22-11/h5-6,8,11H,3-4,7H2,1-2H3,(H2,16,19). The van der Waals surface area contributed by atoms with Gasteiger partial charge in [0.05, 0.1) is 12.3 Å². The maximum atomic E-state index is 12.4. The summed E-state index contributed by atoms with van der Waals surface area (Å²) in [4.78, 5) is 36.0. The van der Waals surface area contributed by atoms with E-state index in [0.717, 1.165) is 0 Å². The van der Waals surface area contributed by atoms with Gasteiger partial charge in [0.15, 0.2) is 17.6 Å². The maximum Gasteiger partial charge on any atom is 0.268 e. The summed E-state index contributed by atoms with van der Waals surface area (Å²) in [5, 5.41) is 0. The Morgan fingerprint density at radius 2 is 2.18 bits per heavy atom. The van der Waals surface area contributed by atoms with Crippen molar-refractivity contribution in [1.29, 1.82) is 0 Å². The Morgan fingerprint density at radius 1 is 1.45 bits per heavy atom. The zero-order chi connectivity index (χ0) is 16.3. The minimum atomic E-state index is -0.715. The molecule has 2 rings (SSSR count). The average molecular weight is 306 g/mol. The monoisotopic (exact) mass is 306 g/mol. The highest BCUT2D eigenvalue weighted by atomic mass is 16.5. The van der Waals surface area contributed by atoms with Crippen molar-refractivity contribution in [2.45, 2.75) is 26.4 Å². The minimum absolute atomic E-state index is 0.278. The van der Waals surface area contributed by atoms with E-state index in [1.54, 1.807) is 19.9 Å². The summed E-state index contributed by atoms with van der Waals surface area (Å²) in [7, 11) is 0. The second kappa shape index (κ2) is 6.46. The van der Waals surface area contributed by atoms with Crippen LogP contribution in [0.5, 0.6) is 11.5 Å². The number of amides is 2. The maximum absolute atomic E-state index is 12.4. The van der Waals surface area contributed by atoms with Gasteiger partial charge in [-0.3, -0.25) is 19.3 Å². The van der Waals surface area contributed by atoms with Crippen LogP contribution in [0.4, 0.5) is 5.69 Å². The number of hydrogen-bond acceptors (Lipinski definition) is 5. The van der Waals surface area contributed by atoms with Gasteiger partial charge in [-0.15, -0.1) is 0 Å². The Labute approximate surface area is 128 Å². The molecule has 0 fully saturated rings. The van der Waals surface area contributed by atoms with E-state index in [0.29, 0.717) is 42.1 Å². The van der Waals surface area contributed by atoms with Crippen molar-refractivity contribution in [2.24, 2.45) is 5.73 Å². The molecule has 7 heteroatoms. The first-order chi connectivity index (χ1) is 10.5. The number of ether oxygens (including phenoxy) is 2. The zero-order valence-electron chi connectivity index (χ0n) is 12.5. The molecule has 0 saturated heterocycles. The number of aldehydes is 1. The highest BCUT2D eigenvalue weighted by molar-refractivity contribution is 6.04. The average Bonchev–Trinajstić information content (AvgIpc) is 2.49. The molecule has 1 heterocycles. The molecule has 0 bridgehead atoms. The Kier molecular flexibility index (Phi) is 4.65. The highest BCUT2D eigenvalue weighted by Crippen LogP contribution is 2.43.